The zero-order valence-electron chi connectivity index (χ0n) is 10.7. The Morgan fingerprint density at radius 1 is 1.42 bits per heavy atom. The second kappa shape index (κ2) is 8.04. The van der Waals surface area contributed by atoms with Crippen LogP contribution in [0.2, 0.25) is 0 Å². The summed E-state index contributed by atoms with van der Waals surface area (Å²) in [6, 6.07) is 1.56. The van der Waals surface area contributed by atoms with Gasteiger partial charge in [0.25, 0.3) is 0 Å². The molecular weight excluding hydrogens is 250 g/mol. The van der Waals surface area contributed by atoms with E-state index in [1.165, 1.54) is 12.4 Å². The minimum Gasteiger partial charge on any atom is -0.478 e. The number of carboxylic acid groups (broad SMARTS) is 1. The Morgan fingerprint density at radius 2 is 2.21 bits per heavy atom. The summed E-state index contributed by atoms with van der Waals surface area (Å²) in [7, 11) is 1.56. The fourth-order valence-electron chi connectivity index (χ4n) is 1.41. The van der Waals surface area contributed by atoms with Crippen molar-refractivity contribution < 1.29 is 19.4 Å². The highest BCUT2D eigenvalue weighted by Gasteiger charge is 2.09. The second-order valence-electron chi connectivity index (χ2n) is 3.75. The topological polar surface area (TPSA) is 101 Å². The minimum absolute atomic E-state index is 0.0855. The Bertz CT molecular complexity index is 437. The van der Waals surface area contributed by atoms with Crippen LogP contribution in [0.1, 0.15) is 16.8 Å². The molecule has 0 aromatic carbocycles. The third kappa shape index (κ3) is 5.35. The van der Waals surface area contributed by atoms with Gasteiger partial charge in [-0.25, -0.2) is 4.79 Å². The largest absolute Gasteiger partial charge is 0.478 e. The summed E-state index contributed by atoms with van der Waals surface area (Å²) in [6.07, 6.45) is 3.02. The van der Waals surface area contributed by atoms with Gasteiger partial charge in [0, 0.05) is 39.0 Å². The lowest BCUT2D eigenvalue weighted by Gasteiger charge is -2.09. The molecule has 1 amide bonds. The van der Waals surface area contributed by atoms with E-state index in [1.807, 2.05) is 0 Å². The molecule has 7 nitrogen and oxygen atoms in total. The fourth-order valence-corrected chi connectivity index (χ4v) is 1.41. The van der Waals surface area contributed by atoms with E-state index in [1.54, 1.807) is 13.2 Å². The third-order valence-corrected chi connectivity index (χ3v) is 2.35. The number of nitrogens with zero attached hydrogens (tertiary/aromatic N) is 1. The number of carbonyl (C=O) groups excluding carboxylic acids is 1. The quantitative estimate of drug-likeness (QED) is 0.587. The van der Waals surface area contributed by atoms with E-state index in [0.717, 1.165) is 0 Å². The second-order valence-corrected chi connectivity index (χ2v) is 3.75. The number of aromatic nitrogens is 1. The van der Waals surface area contributed by atoms with Crippen LogP contribution in [0.15, 0.2) is 18.5 Å². The van der Waals surface area contributed by atoms with Crippen LogP contribution < -0.4 is 10.6 Å². The lowest BCUT2D eigenvalue weighted by molar-refractivity contribution is -0.121. The van der Waals surface area contributed by atoms with E-state index >= 15 is 0 Å². The van der Waals surface area contributed by atoms with E-state index < -0.39 is 5.97 Å². The molecule has 19 heavy (non-hydrogen) atoms. The molecule has 104 valence electrons. The Balaban J connectivity index is 2.37. The van der Waals surface area contributed by atoms with Crippen molar-refractivity contribution in [2.75, 3.05) is 32.1 Å². The number of ether oxygens (including phenoxy) is 1. The monoisotopic (exact) mass is 267 g/mol. The van der Waals surface area contributed by atoms with Crippen molar-refractivity contribution in [2.45, 2.75) is 6.42 Å². The zero-order chi connectivity index (χ0) is 14.1. The number of amides is 1. The Hall–Kier alpha value is -2.15. The minimum atomic E-state index is -1.06. The summed E-state index contributed by atoms with van der Waals surface area (Å²) < 4.78 is 4.81. The van der Waals surface area contributed by atoms with Gasteiger partial charge in [-0.3, -0.25) is 9.78 Å². The molecule has 0 unspecified atom stereocenters. The fraction of sp³-hybridized carbons (Fsp3) is 0.417. The molecule has 0 aliphatic heterocycles. The summed E-state index contributed by atoms with van der Waals surface area (Å²) in [5, 5.41) is 14.5. The highest BCUT2D eigenvalue weighted by Crippen LogP contribution is 2.12. The first kappa shape index (κ1) is 14.9. The molecular formula is C12H17N3O4. The van der Waals surface area contributed by atoms with Crippen LogP contribution in [-0.2, 0) is 9.53 Å². The smallest absolute Gasteiger partial charge is 0.339 e. The molecule has 1 rings (SSSR count). The number of hydrogen-bond donors (Lipinski definition) is 3. The molecule has 0 atom stereocenters. The van der Waals surface area contributed by atoms with Gasteiger partial charge in [-0.2, -0.15) is 0 Å². The molecule has 0 saturated carbocycles. The summed E-state index contributed by atoms with van der Waals surface area (Å²) >= 11 is 0. The number of carbonyl (C=O) groups is 2. The average molecular weight is 267 g/mol. The number of hydrogen-bond acceptors (Lipinski definition) is 5. The van der Waals surface area contributed by atoms with Crippen LogP contribution in [-0.4, -0.2) is 48.8 Å². The standard InChI is InChI=1S/C12H17N3O4/c1-19-7-6-15-11(16)3-5-14-10-2-4-13-8-9(10)12(17)18/h2,4,8H,3,5-7H2,1H3,(H,13,14)(H,15,16)(H,17,18). The highest BCUT2D eigenvalue weighted by atomic mass is 16.5. The normalized spacial score (nSPS) is 9.95. The first-order valence-corrected chi connectivity index (χ1v) is 5.82. The summed E-state index contributed by atoms with van der Waals surface area (Å²) in [4.78, 5) is 26.1. The molecule has 0 spiro atoms. The van der Waals surface area contributed by atoms with E-state index in [4.69, 9.17) is 9.84 Å². The van der Waals surface area contributed by atoms with E-state index in [0.29, 0.717) is 25.4 Å². The lowest BCUT2D eigenvalue weighted by atomic mass is 10.2. The van der Waals surface area contributed by atoms with Gasteiger partial charge in [0.1, 0.15) is 5.56 Å². The zero-order valence-corrected chi connectivity index (χ0v) is 10.7. The Labute approximate surface area is 111 Å². The Morgan fingerprint density at radius 3 is 2.89 bits per heavy atom. The third-order valence-electron chi connectivity index (χ3n) is 2.35. The first-order valence-electron chi connectivity index (χ1n) is 5.82. The molecule has 0 bridgehead atoms. The van der Waals surface area contributed by atoms with Crippen LogP contribution in [0, 0.1) is 0 Å². The molecule has 1 aromatic rings. The maximum absolute atomic E-state index is 11.4. The molecule has 0 fully saturated rings. The van der Waals surface area contributed by atoms with Crippen molar-refractivity contribution in [1.29, 1.82) is 0 Å². The van der Waals surface area contributed by atoms with Gasteiger partial charge in [0.05, 0.1) is 12.3 Å². The number of nitrogens with one attached hydrogen (secondary N) is 2. The van der Waals surface area contributed by atoms with Crippen LogP contribution in [0.4, 0.5) is 5.69 Å². The van der Waals surface area contributed by atoms with Gasteiger partial charge in [-0.1, -0.05) is 0 Å². The van der Waals surface area contributed by atoms with Gasteiger partial charge in [0.2, 0.25) is 5.91 Å². The predicted molar refractivity (Wildman–Crippen MR) is 69.2 cm³/mol. The maximum atomic E-state index is 11.4. The van der Waals surface area contributed by atoms with Crippen molar-refractivity contribution >= 4 is 17.6 Å². The average Bonchev–Trinajstić information content (AvgIpc) is 2.39. The number of methoxy groups -OCH3 is 1. The van der Waals surface area contributed by atoms with Crippen molar-refractivity contribution in [1.82, 2.24) is 10.3 Å². The lowest BCUT2D eigenvalue weighted by Crippen LogP contribution is -2.28. The van der Waals surface area contributed by atoms with Crippen molar-refractivity contribution in [2.24, 2.45) is 0 Å². The molecule has 0 aliphatic carbocycles. The summed E-state index contributed by atoms with van der Waals surface area (Å²) in [5.74, 6) is -1.17. The number of anilines is 1. The van der Waals surface area contributed by atoms with Crippen LogP contribution in [0.5, 0.6) is 0 Å². The van der Waals surface area contributed by atoms with Crippen molar-refractivity contribution in [3.63, 3.8) is 0 Å². The molecule has 1 aromatic heterocycles. The number of carboxylic acids is 1. The molecule has 3 N–H and O–H groups in total. The van der Waals surface area contributed by atoms with Crippen molar-refractivity contribution in [3.8, 4) is 0 Å². The molecule has 0 radical (unpaired) electrons. The number of pyridine rings is 1. The van der Waals surface area contributed by atoms with E-state index in [-0.39, 0.29) is 17.9 Å². The first-order chi connectivity index (χ1) is 9.15. The highest BCUT2D eigenvalue weighted by molar-refractivity contribution is 5.93. The number of rotatable bonds is 8. The van der Waals surface area contributed by atoms with Gasteiger partial charge in [-0.15, -0.1) is 0 Å². The van der Waals surface area contributed by atoms with Crippen LogP contribution in [0.3, 0.4) is 0 Å². The summed E-state index contributed by atoms with van der Waals surface area (Å²) in [5.41, 5.74) is 0.537. The molecule has 1 heterocycles. The SMILES string of the molecule is COCCNC(=O)CCNc1ccncc1C(=O)O. The molecule has 0 saturated heterocycles. The van der Waals surface area contributed by atoms with Gasteiger partial charge >= 0.3 is 5.97 Å². The molecule has 7 heteroatoms. The predicted octanol–water partition coefficient (Wildman–Crippen LogP) is 0.344. The van der Waals surface area contributed by atoms with Crippen LogP contribution >= 0.6 is 0 Å². The van der Waals surface area contributed by atoms with Gasteiger partial charge in [0.15, 0.2) is 0 Å². The van der Waals surface area contributed by atoms with E-state index in [2.05, 4.69) is 15.6 Å². The number of aromatic carboxylic acids is 1. The van der Waals surface area contributed by atoms with Crippen LogP contribution in [0.25, 0.3) is 0 Å². The maximum Gasteiger partial charge on any atom is 0.339 e. The van der Waals surface area contributed by atoms with E-state index in [9.17, 15) is 9.59 Å². The van der Waals surface area contributed by atoms with Gasteiger partial charge < -0.3 is 20.5 Å². The van der Waals surface area contributed by atoms with Crippen molar-refractivity contribution in [3.05, 3.63) is 24.0 Å². The molecule has 0 aliphatic rings. The summed E-state index contributed by atoms with van der Waals surface area (Å²) in [6.45, 7) is 1.28. The van der Waals surface area contributed by atoms with Gasteiger partial charge in [-0.05, 0) is 6.07 Å². The Kier molecular flexibility index (Phi) is 6.31.